The van der Waals surface area contributed by atoms with Gasteiger partial charge in [-0.05, 0) is 32.2 Å². The summed E-state index contributed by atoms with van der Waals surface area (Å²) in [7, 11) is 0. The maximum absolute atomic E-state index is 5.98. The predicted octanol–water partition coefficient (Wildman–Crippen LogP) is 2.41. The number of thiophene rings is 1. The molecule has 3 nitrogen and oxygen atoms in total. The molecule has 0 amide bonds. The van der Waals surface area contributed by atoms with Crippen molar-refractivity contribution in [2.45, 2.75) is 26.3 Å². The van der Waals surface area contributed by atoms with Crippen LogP contribution in [0.3, 0.4) is 0 Å². The molecular formula is C9H14ClN3S. The number of nitrogens with two attached hydrogens (primary N) is 1. The summed E-state index contributed by atoms with van der Waals surface area (Å²) >= 11 is 7.49. The zero-order valence-electron chi connectivity index (χ0n) is 8.47. The molecule has 0 aliphatic carbocycles. The van der Waals surface area contributed by atoms with E-state index in [1.807, 2.05) is 32.2 Å². The van der Waals surface area contributed by atoms with Crippen LogP contribution in [-0.2, 0) is 0 Å². The molecule has 0 saturated carbocycles. The average Bonchev–Trinajstić information content (AvgIpc) is 2.45. The van der Waals surface area contributed by atoms with E-state index < -0.39 is 0 Å². The second-order valence-corrected chi connectivity index (χ2v) is 5.20. The summed E-state index contributed by atoms with van der Waals surface area (Å²) in [6.45, 7) is 6.02. The quantitative estimate of drug-likeness (QED) is 0.338. The van der Waals surface area contributed by atoms with Crippen molar-refractivity contribution in [2.24, 2.45) is 10.8 Å². The highest BCUT2D eigenvalue weighted by molar-refractivity contribution is 7.12. The van der Waals surface area contributed by atoms with Gasteiger partial charge in [-0.2, -0.15) is 0 Å². The first-order valence-corrected chi connectivity index (χ1v) is 5.49. The second-order valence-electron chi connectivity index (χ2n) is 3.87. The fourth-order valence-corrected chi connectivity index (χ4v) is 2.04. The molecule has 0 aliphatic rings. The summed E-state index contributed by atoms with van der Waals surface area (Å²) in [6, 6.07) is 1.83. The normalized spacial score (nSPS) is 13.1. The third-order valence-electron chi connectivity index (χ3n) is 1.42. The second kappa shape index (κ2) is 4.29. The minimum atomic E-state index is -0.172. The molecule has 0 fully saturated rings. The number of aliphatic imine (C=N–C) groups is 1. The van der Waals surface area contributed by atoms with E-state index in [0.717, 1.165) is 4.88 Å². The molecule has 3 N–H and O–H groups in total. The van der Waals surface area contributed by atoms with Crippen LogP contribution in [0.4, 0.5) is 0 Å². The van der Waals surface area contributed by atoms with Crippen molar-refractivity contribution in [1.82, 2.24) is 5.43 Å². The number of halogens is 1. The summed E-state index contributed by atoms with van der Waals surface area (Å²) in [5.41, 5.74) is 2.41. The molecule has 14 heavy (non-hydrogen) atoms. The molecule has 0 atom stereocenters. The van der Waals surface area contributed by atoms with Crippen LogP contribution in [0.5, 0.6) is 0 Å². The van der Waals surface area contributed by atoms with Gasteiger partial charge < -0.3 is 5.43 Å². The molecule has 5 heteroatoms. The lowest BCUT2D eigenvalue weighted by Crippen LogP contribution is -2.33. The molecule has 0 saturated heterocycles. The summed E-state index contributed by atoms with van der Waals surface area (Å²) in [5.74, 6) is 6.04. The van der Waals surface area contributed by atoms with E-state index in [9.17, 15) is 0 Å². The van der Waals surface area contributed by atoms with Gasteiger partial charge in [-0.1, -0.05) is 11.6 Å². The van der Waals surface area contributed by atoms with E-state index in [1.54, 1.807) is 0 Å². The Morgan fingerprint density at radius 1 is 1.57 bits per heavy atom. The van der Waals surface area contributed by atoms with E-state index in [4.69, 9.17) is 17.4 Å². The SMILES string of the molecule is CC(C)(C)N=C(NN)c1sccc1Cl. The first-order chi connectivity index (χ1) is 6.44. The lowest BCUT2D eigenvalue weighted by Gasteiger charge is -2.15. The molecule has 1 heterocycles. The Hall–Kier alpha value is -0.580. The first kappa shape index (κ1) is 11.5. The Bertz CT molecular complexity index is 338. The van der Waals surface area contributed by atoms with Crippen molar-refractivity contribution in [3.8, 4) is 0 Å². The van der Waals surface area contributed by atoms with Crippen LogP contribution in [-0.4, -0.2) is 11.4 Å². The molecule has 0 unspecified atom stereocenters. The Balaban J connectivity index is 3.05. The lowest BCUT2D eigenvalue weighted by molar-refractivity contribution is 0.580. The third kappa shape index (κ3) is 2.97. The van der Waals surface area contributed by atoms with Crippen molar-refractivity contribution >= 4 is 28.8 Å². The zero-order valence-corrected chi connectivity index (χ0v) is 10.0. The molecule has 0 spiro atoms. The molecular weight excluding hydrogens is 218 g/mol. The summed E-state index contributed by atoms with van der Waals surface area (Å²) in [4.78, 5) is 5.32. The molecule has 1 rings (SSSR count). The topological polar surface area (TPSA) is 50.4 Å². The molecule has 78 valence electrons. The minimum Gasteiger partial charge on any atom is -0.308 e. The molecule has 1 aromatic rings. The van der Waals surface area contributed by atoms with Crippen molar-refractivity contribution < 1.29 is 0 Å². The standard InChI is InChI=1S/C9H14ClN3S/c1-9(2,3)12-8(13-11)7-6(10)4-5-14-7/h4-5H,11H2,1-3H3,(H,12,13). The number of hydrazine groups is 1. The Morgan fingerprint density at radius 2 is 2.21 bits per heavy atom. The summed E-state index contributed by atoms with van der Waals surface area (Å²) in [6.07, 6.45) is 0. The number of nitrogens with zero attached hydrogens (tertiary/aromatic N) is 1. The molecule has 0 aliphatic heterocycles. The van der Waals surface area contributed by atoms with Crippen molar-refractivity contribution in [1.29, 1.82) is 0 Å². The fraction of sp³-hybridized carbons (Fsp3) is 0.444. The fourth-order valence-electron chi connectivity index (χ4n) is 0.947. The lowest BCUT2D eigenvalue weighted by atomic mass is 10.1. The van der Waals surface area contributed by atoms with Gasteiger partial charge in [0.2, 0.25) is 0 Å². The van der Waals surface area contributed by atoms with Crippen LogP contribution < -0.4 is 11.3 Å². The number of hydrogen-bond acceptors (Lipinski definition) is 3. The minimum absolute atomic E-state index is 0.172. The Kier molecular flexibility index (Phi) is 3.53. The smallest absolute Gasteiger partial charge is 0.154 e. The van der Waals surface area contributed by atoms with Crippen molar-refractivity contribution in [2.75, 3.05) is 0 Å². The first-order valence-electron chi connectivity index (χ1n) is 4.24. The zero-order chi connectivity index (χ0) is 10.8. The van der Waals surface area contributed by atoms with Gasteiger partial charge in [0, 0.05) is 0 Å². The van der Waals surface area contributed by atoms with Crippen LogP contribution in [0.15, 0.2) is 16.4 Å². The predicted molar refractivity (Wildman–Crippen MR) is 62.9 cm³/mol. The van der Waals surface area contributed by atoms with Crippen molar-refractivity contribution in [3.63, 3.8) is 0 Å². The van der Waals surface area contributed by atoms with Crippen LogP contribution in [0, 0.1) is 0 Å². The van der Waals surface area contributed by atoms with Gasteiger partial charge in [0.25, 0.3) is 0 Å². The summed E-state index contributed by atoms with van der Waals surface area (Å²) in [5, 5.41) is 2.59. The molecule has 0 bridgehead atoms. The van der Waals surface area contributed by atoms with Gasteiger partial charge in [0.15, 0.2) is 5.84 Å². The van der Waals surface area contributed by atoms with Gasteiger partial charge in [-0.15, -0.1) is 11.3 Å². The number of nitrogens with one attached hydrogen (secondary N) is 1. The van der Waals surface area contributed by atoms with E-state index in [0.29, 0.717) is 10.9 Å². The maximum Gasteiger partial charge on any atom is 0.154 e. The largest absolute Gasteiger partial charge is 0.308 e. The maximum atomic E-state index is 5.98. The molecule has 1 aromatic heterocycles. The van der Waals surface area contributed by atoms with Gasteiger partial charge in [-0.25, -0.2) is 5.84 Å². The number of rotatable bonds is 1. The Labute approximate surface area is 93.0 Å². The van der Waals surface area contributed by atoms with Crippen molar-refractivity contribution in [3.05, 3.63) is 21.3 Å². The van der Waals surface area contributed by atoms with Crippen LogP contribution in [0.1, 0.15) is 25.6 Å². The summed E-state index contributed by atoms with van der Waals surface area (Å²) < 4.78 is 0. The van der Waals surface area contributed by atoms with E-state index in [1.165, 1.54) is 11.3 Å². The molecule has 0 aromatic carbocycles. The van der Waals surface area contributed by atoms with Gasteiger partial charge >= 0.3 is 0 Å². The highest BCUT2D eigenvalue weighted by Crippen LogP contribution is 2.23. The van der Waals surface area contributed by atoms with Crippen LogP contribution in [0.25, 0.3) is 0 Å². The molecule has 0 radical (unpaired) electrons. The van der Waals surface area contributed by atoms with Crippen LogP contribution >= 0.6 is 22.9 Å². The van der Waals surface area contributed by atoms with Gasteiger partial charge in [0.1, 0.15) is 0 Å². The van der Waals surface area contributed by atoms with Crippen LogP contribution in [0.2, 0.25) is 5.02 Å². The highest BCUT2D eigenvalue weighted by Gasteiger charge is 2.13. The van der Waals surface area contributed by atoms with E-state index in [2.05, 4.69) is 10.4 Å². The monoisotopic (exact) mass is 231 g/mol. The number of hydrogen-bond donors (Lipinski definition) is 2. The Morgan fingerprint density at radius 3 is 2.57 bits per heavy atom. The highest BCUT2D eigenvalue weighted by atomic mass is 35.5. The van der Waals surface area contributed by atoms with Gasteiger partial charge in [-0.3, -0.25) is 4.99 Å². The van der Waals surface area contributed by atoms with E-state index in [-0.39, 0.29) is 5.54 Å². The van der Waals surface area contributed by atoms with E-state index >= 15 is 0 Å². The average molecular weight is 232 g/mol. The number of amidine groups is 1. The third-order valence-corrected chi connectivity index (χ3v) is 2.76. The van der Waals surface area contributed by atoms with Gasteiger partial charge in [0.05, 0.1) is 15.4 Å².